The fourth-order valence-electron chi connectivity index (χ4n) is 3.26. The first kappa shape index (κ1) is 17.0. The average Bonchev–Trinajstić information content (AvgIpc) is 2.85. The summed E-state index contributed by atoms with van der Waals surface area (Å²) in [6, 6.07) is 3.16. The van der Waals surface area contributed by atoms with Crippen LogP contribution in [-0.2, 0) is 14.8 Å². The van der Waals surface area contributed by atoms with Crippen LogP contribution in [0.15, 0.2) is 17.0 Å². The van der Waals surface area contributed by atoms with Crippen molar-refractivity contribution in [3.63, 3.8) is 0 Å². The summed E-state index contributed by atoms with van der Waals surface area (Å²) in [6.07, 6.45) is 1.30. The Kier molecular flexibility index (Phi) is 4.63. The molecule has 1 fully saturated rings. The Morgan fingerprint density at radius 3 is 2.23 bits per heavy atom. The number of rotatable bonds is 3. The van der Waals surface area contributed by atoms with Gasteiger partial charge in [-0.1, -0.05) is 17.7 Å². The van der Waals surface area contributed by atoms with Crippen LogP contribution in [-0.4, -0.2) is 50.2 Å². The minimum Gasteiger partial charge on any atom is -0.347 e. The van der Waals surface area contributed by atoms with Gasteiger partial charge in [-0.25, -0.2) is 8.42 Å². The van der Waals surface area contributed by atoms with E-state index in [1.807, 2.05) is 32.9 Å². The molecule has 1 unspecified atom stereocenters. The van der Waals surface area contributed by atoms with Crippen molar-refractivity contribution in [2.24, 2.45) is 0 Å². The summed E-state index contributed by atoms with van der Waals surface area (Å²) < 4.78 is 27.5. The molecule has 0 aliphatic carbocycles. The molecule has 5 nitrogen and oxygen atoms in total. The van der Waals surface area contributed by atoms with Gasteiger partial charge in [0.15, 0.2) is 0 Å². The third kappa shape index (κ3) is 2.90. The van der Waals surface area contributed by atoms with Gasteiger partial charge in [0.25, 0.3) is 0 Å². The number of likely N-dealkylation sites (N-methyl/N-ethyl adjacent to an activating group) is 1. The van der Waals surface area contributed by atoms with Crippen molar-refractivity contribution in [3.05, 3.63) is 28.8 Å². The molecule has 1 aliphatic rings. The second kappa shape index (κ2) is 6.01. The molecule has 1 aromatic rings. The third-order valence-corrected chi connectivity index (χ3v) is 6.32. The number of amides is 1. The number of carbonyl (C=O) groups is 1. The highest BCUT2D eigenvalue weighted by Crippen LogP contribution is 2.31. The summed E-state index contributed by atoms with van der Waals surface area (Å²) in [5, 5.41) is 0. The molecule has 1 saturated heterocycles. The molecule has 122 valence electrons. The summed E-state index contributed by atoms with van der Waals surface area (Å²) in [7, 11) is -0.338. The van der Waals surface area contributed by atoms with Crippen LogP contribution >= 0.6 is 0 Å². The Morgan fingerprint density at radius 2 is 1.73 bits per heavy atom. The number of aryl methyl sites for hydroxylation is 3. The highest BCUT2D eigenvalue weighted by Gasteiger charge is 2.41. The van der Waals surface area contributed by atoms with E-state index in [-0.39, 0.29) is 5.91 Å². The van der Waals surface area contributed by atoms with E-state index in [4.69, 9.17) is 0 Å². The quantitative estimate of drug-likeness (QED) is 0.852. The van der Waals surface area contributed by atoms with Crippen molar-refractivity contribution in [2.75, 3.05) is 20.6 Å². The van der Waals surface area contributed by atoms with Crippen molar-refractivity contribution in [1.82, 2.24) is 9.21 Å². The molecular weight excluding hydrogens is 300 g/mol. The fourth-order valence-corrected chi connectivity index (χ4v) is 5.33. The van der Waals surface area contributed by atoms with Crippen LogP contribution in [0.5, 0.6) is 0 Å². The lowest BCUT2D eigenvalue weighted by atomic mass is 10.1. The maximum atomic E-state index is 13.1. The summed E-state index contributed by atoms with van der Waals surface area (Å²) in [5.74, 6) is -0.150. The first-order chi connectivity index (χ1) is 10.2. The van der Waals surface area contributed by atoms with Gasteiger partial charge in [-0.2, -0.15) is 4.31 Å². The van der Waals surface area contributed by atoms with Gasteiger partial charge < -0.3 is 4.90 Å². The standard InChI is InChI=1S/C16H24N2O3S/c1-11-9-12(2)15(13(3)10-11)22(20,21)18-8-6-7-14(18)16(19)17(4)5/h9-10,14H,6-8H2,1-5H3. The molecule has 1 atom stereocenters. The minimum atomic E-state index is -3.66. The Labute approximate surface area is 133 Å². The van der Waals surface area contributed by atoms with E-state index >= 15 is 0 Å². The molecule has 6 heteroatoms. The van der Waals surface area contributed by atoms with Crippen molar-refractivity contribution >= 4 is 15.9 Å². The van der Waals surface area contributed by atoms with E-state index < -0.39 is 16.1 Å². The second-order valence-corrected chi connectivity index (χ2v) is 8.06. The van der Waals surface area contributed by atoms with E-state index in [0.717, 1.165) is 16.7 Å². The molecule has 2 rings (SSSR count). The van der Waals surface area contributed by atoms with Crippen molar-refractivity contribution in [2.45, 2.75) is 44.6 Å². The molecule has 0 spiro atoms. The topological polar surface area (TPSA) is 57.7 Å². The van der Waals surface area contributed by atoms with Crippen LogP contribution in [0.1, 0.15) is 29.5 Å². The molecular formula is C16H24N2O3S. The van der Waals surface area contributed by atoms with E-state index in [2.05, 4.69) is 0 Å². The number of carbonyl (C=O) groups excluding carboxylic acids is 1. The van der Waals surface area contributed by atoms with E-state index in [1.54, 1.807) is 14.1 Å². The monoisotopic (exact) mass is 324 g/mol. The second-order valence-electron chi connectivity index (χ2n) is 6.23. The van der Waals surface area contributed by atoms with Crippen LogP contribution in [0.4, 0.5) is 0 Å². The molecule has 0 aromatic heterocycles. The van der Waals surface area contributed by atoms with Gasteiger partial charge in [0, 0.05) is 20.6 Å². The Bertz CT molecular complexity index is 672. The zero-order valence-corrected chi connectivity index (χ0v) is 14.7. The number of hydrogen-bond acceptors (Lipinski definition) is 3. The SMILES string of the molecule is Cc1cc(C)c(S(=O)(=O)N2CCCC2C(=O)N(C)C)c(C)c1. The smallest absolute Gasteiger partial charge is 0.244 e. The van der Waals surface area contributed by atoms with Crippen LogP contribution in [0.25, 0.3) is 0 Å². The van der Waals surface area contributed by atoms with E-state index in [9.17, 15) is 13.2 Å². The van der Waals surface area contributed by atoms with Gasteiger partial charge in [0.2, 0.25) is 15.9 Å². The first-order valence-electron chi connectivity index (χ1n) is 7.47. The van der Waals surface area contributed by atoms with Crippen LogP contribution in [0, 0.1) is 20.8 Å². The zero-order chi connectivity index (χ0) is 16.7. The predicted molar refractivity (Wildman–Crippen MR) is 86.3 cm³/mol. The molecule has 0 radical (unpaired) electrons. The Balaban J connectivity index is 2.49. The van der Waals surface area contributed by atoms with E-state index in [0.29, 0.717) is 24.3 Å². The molecule has 1 amide bonds. The maximum Gasteiger partial charge on any atom is 0.244 e. The largest absolute Gasteiger partial charge is 0.347 e. The third-order valence-electron chi connectivity index (χ3n) is 4.10. The summed E-state index contributed by atoms with van der Waals surface area (Å²) in [6.45, 7) is 5.97. The zero-order valence-electron chi connectivity index (χ0n) is 13.9. The number of hydrogen-bond donors (Lipinski definition) is 0. The minimum absolute atomic E-state index is 0.150. The number of nitrogens with zero attached hydrogens (tertiary/aromatic N) is 2. The van der Waals surface area contributed by atoms with Gasteiger partial charge in [0.1, 0.15) is 6.04 Å². The van der Waals surface area contributed by atoms with Crippen LogP contribution < -0.4 is 0 Å². The maximum absolute atomic E-state index is 13.1. The van der Waals surface area contributed by atoms with Gasteiger partial charge in [0.05, 0.1) is 4.90 Å². The molecule has 1 aromatic carbocycles. The fraction of sp³-hybridized carbons (Fsp3) is 0.562. The number of benzene rings is 1. The van der Waals surface area contributed by atoms with Crippen molar-refractivity contribution < 1.29 is 13.2 Å². The first-order valence-corrected chi connectivity index (χ1v) is 8.91. The highest BCUT2D eigenvalue weighted by atomic mass is 32.2. The predicted octanol–water partition coefficient (Wildman–Crippen LogP) is 1.85. The Hall–Kier alpha value is -1.40. The molecule has 0 bridgehead atoms. The van der Waals surface area contributed by atoms with Crippen molar-refractivity contribution in [3.8, 4) is 0 Å². The average molecular weight is 324 g/mol. The summed E-state index contributed by atoms with van der Waals surface area (Å²) in [5.41, 5.74) is 2.51. The summed E-state index contributed by atoms with van der Waals surface area (Å²) in [4.78, 5) is 14.1. The molecule has 1 aliphatic heterocycles. The van der Waals surface area contributed by atoms with Crippen molar-refractivity contribution in [1.29, 1.82) is 0 Å². The normalized spacial score (nSPS) is 19.4. The lowest BCUT2D eigenvalue weighted by Gasteiger charge is -2.27. The van der Waals surface area contributed by atoms with Gasteiger partial charge in [-0.3, -0.25) is 4.79 Å². The van der Waals surface area contributed by atoms with Crippen LogP contribution in [0.2, 0.25) is 0 Å². The van der Waals surface area contributed by atoms with Crippen LogP contribution in [0.3, 0.4) is 0 Å². The van der Waals surface area contributed by atoms with Gasteiger partial charge >= 0.3 is 0 Å². The van der Waals surface area contributed by atoms with Gasteiger partial charge in [-0.05, 0) is 44.7 Å². The molecule has 0 N–H and O–H groups in total. The molecule has 1 heterocycles. The molecule has 22 heavy (non-hydrogen) atoms. The lowest BCUT2D eigenvalue weighted by Crippen LogP contribution is -2.45. The molecule has 0 saturated carbocycles. The lowest BCUT2D eigenvalue weighted by molar-refractivity contribution is -0.132. The van der Waals surface area contributed by atoms with Gasteiger partial charge in [-0.15, -0.1) is 0 Å². The highest BCUT2D eigenvalue weighted by molar-refractivity contribution is 7.89. The summed E-state index contributed by atoms with van der Waals surface area (Å²) >= 11 is 0. The Morgan fingerprint density at radius 1 is 1.18 bits per heavy atom. The number of sulfonamides is 1. The van der Waals surface area contributed by atoms with E-state index in [1.165, 1.54) is 9.21 Å².